The number of carbonyl (C=O) groups is 4. The van der Waals surface area contributed by atoms with Gasteiger partial charge in [-0.3, -0.25) is 29.4 Å². The van der Waals surface area contributed by atoms with Gasteiger partial charge in [0.05, 0.1) is 17.6 Å². The summed E-state index contributed by atoms with van der Waals surface area (Å²) in [5.41, 5.74) is 0.773. The molecule has 2 heterocycles. The van der Waals surface area contributed by atoms with Gasteiger partial charge in [0.15, 0.2) is 0 Å². The van der Waals surface area contributed by atoms with E-state index in [1.165, 1.54) is 30.6 Å². The average Bonchev–Trinajstić information content (AvgIpc) is 3.30. The summed E-state index contributed by atoms with van der Waals surface area (Å²) in [5.74, 6) is -2.70. The first-order valence-corrected chi connectivity index (χ1v) is 12.2. The fourth-order valence-corrected chi connectivity index (χ4v) is 5.31. The van der Waals surface area contributed by atoms with Crippen molar-refractivity contribution in [2.24, 2.45) is 0 Å². The first-order chi connectivity index (χ1) is 17.1. The van der Waals surface area contributed by atoms with Crippen LogP contribution in [0.25, 0.3) is 11.1 Å². The normalized spacial score (nSPS) is 12.5. The number of rotatable bonds is 7. The number of nitrogens with one attached hydrogen (secondary N) is 1. The number of halogens is 1. The maximum Gasteiger partial charge on any atom is 0.341 e. The molecule has 3 aromatic rings. The minimum atomic E-state index is -0.824. The van der Waals surface area contributed by atoms with Crippen molar-refractivity contribution in [3.63, 3.8) is 0 Å². The number of ether oxygens (including phenoxy) is 1. The molecule has 0 spiro atoms. The summed E-state index contributed by atoms with van der Waals surface area (Å²) >= 11 is 4.58. The van der Waals surface area contributed by atoms with Crippen LogP contribution < -0.4 is 5.32 Å². The molecule has 0 radical (unpaired) electrons. The maximum absolute atomic E-state index is 12.8. The lowest BCUT2D eigenvalue weighted by molar-refractivity contribution is -0.385. The molecule has 1 aliphatic rings. The summed E-state index contributed by atoms with van der Waals surface area (Å²) in [5, 5.41) is 14.2. The van der Waals surface area contributed by atoms with Crippen molar-refractivity contribution in [1.82, 2.24) is 4.90 Å². The molecule has 0 saturated heterocycles. The van der Waals surface area contributed by atoms with Crippen LogP contribution in [0.15, 0.2) is 46.9 Å². The van der Waals surface area contributed by atoms with Gasteiger partial charge in [-0.05, 0) is 30.7 Å². The zero-order valence-corrected chi connectivity index (χ0v) is 21.4. The van der Waals surface area contributed by atoms with E-state index < -0.39 is 34.3 Å². The highest BCUT2D eigenvalue weighted by molar-refractivity contribution is 9.10. The van der Waals surface area contributed by atoms with Gasteiger partial charge < -0.3 is 10.1 Å². The first-order valence-electron chi connectivity index (χ1n) is 10.5. The van der Waals surface area contributed by atoms with Gasteiger partial charge >= 0.3 is 5.97 Å². The standard InChI is InChI=1S/C24H18BrN3O7S/c1-12-18(13-6-8-14(25)9-7-13)20(24(32)35-2)21(36-12)26-17(29)10-11-27-22(30)15-4-3-5-16(28(33)34)19(15)23(27)31/h3-9H,10-11H2,1-2H3,(H,26,29). The molecule has 0 fully saturated rings. The number of nitro groups is 1. The highest BCUT2D eigenvalue weighted by Gasteiger charge is 2.40. The molecule has 184 valence electrons. The lowest BCUT2D eigenvalue weighted by Gasteiger charge is -2.13. The van der Waals surface area contributed by atoms with Gasteiger partial charge in [0, 0.05) is 33.9 Å². The van der Waals surface area contributed by atoms with E-state index >= 15 is 0 Å². The van der Waals surface area contributed by atoms with E-state index in [2.05, 4.69) is 21.2 Å². The van der Waals surface area contributed by atoms with E-state index in [0.717, 1.165) is 25.9 Å². The lowest BCUT2D eigenvalue weighted by atomic mass is 10.0. The van der Waals surface area contributed by atoms with Crippen LogP contribution in [-0.4, -0.2) is 47.2 Å². The number of benzene rings is 2. The van der Waals surface area contributed by atoms with E-state index in [9.17, 15) is 29.3 Å². The summed E-state index contributed by atoms with van der Waals surface area (Å²) in [6.07, 6.45) is -0.273. The van der Waals surface area contributed by atoms with Crippen LogP contribution in [0.4, 0.5) is 10.7 Å². The smallest absolute Gasteiger partial charge is 0.341 e. The average molecular weight is 572 g/mol. The topological polar surface area (TPSA) is 136 Å². The number of thiophene rings is 1. The molecule has 1 aromatic heterocycles. The zero-order chi connectivity index (χ0) is 26.1. The van der Waals surface area contributed by atoms with E-state index in [-0.39, 0.29) is 34.7 Å². The Balaban J connectivity index is 1.54. The Kier molecular flexibility index (Phi) is 7.00. The van der Waals surface area contributed by atoms with Crippen LogP contribution in [0.5, 0.6) is 0 Å². The van der Waals surface area contributed by atoms with Gasteiger partial charge in [-0.1, -0.05) is 34.1 Å². The number of hydrogen-bond donors (Lipinski definition) is 1. The Labute approximate surface area is 217 Å². The largest absolute Gasteiger partial charge is 0.465 e. The van der Waals surface area contributed by atoms with Gasteiger partial charge in [-0.25, -0.2) is 4.79 Å². The summed E-state index contributed by atoms with van der Waals surface area (Å²) in [6, 6.07) is 11.1. The Morgan fingerprint density at radius 1 is 1.11 bits per heavy atom. The molecule has 0 unspecified atom stereocenters. The van der Waals surface area contributed by atoms with Crippen molar-refractivity contribution >= 4 is 61.6 Å². The third-order valence-corrected chi connectivity index (χ3v) is 7.15. The molecule has 2 aromatic carbocycles. The number of esters is 1. The molecule has 0 atom stereocenters. The molecule has 0 bridgehead atoms. The van der Waals surface area contributed by atoms with Gasteiger partial charge in [0.25, 0.3) is 17.5 Å². The van der Waals surface area contributed by atoms with Crippen LogP contribution in [0.3, 0.4) is 0 Å². The molecule has 0 saturated carbocycles. The van der Waals surface area contributed by atoms with Crippen LogP contribution in [0.1, 0.15) is 42.4 Å². The SMILES string of the molecule is COC(=O)c1c(NC(=O)CCN2C(=O)c3cccc([N+](=O)[O-])c3C2=O)sc(C)c1-c1ccc(Br)cc1. The van der Waals surface area contributed by atoms with Gasteiger partial charge in [0.1, 0.15) is 16.1 Å². The van der Waals surface area contributed by atoms with Crippen LogP contribution in [0, 0.1) is 17.0 Å². The second kappa shape index (κ2) is 9.99. The number of nitrogens with zero attached hydrogens (tertiary/aromatic N) is 2. The lowest BCUT2D eigenvalue weighted by Crippen LogP contribution is -2.33. The Hall–Kier alpha value is -3.90. The molecule has 36 heavy (non-hydrogen) atoms. The van der Waals surface area contributed by atoms with Gasteiger partial charge in [-0.2, -0.15) is 0 Å². The van der Waals surface area contributed by atoms with Crippen molar-refractivity contribution in [3.8, 4) is 11.1 Å². The monoisotopic (exact) mass is 571 g/mol. The number of imide groups is 1. The van der Waals surface area contributed by atoms with Gasteiger partial charge in [0.2, 0.25) is 5.91 Å². The molecule has 10 nitrogen and oxygen atoms in total. The minimum Gasteiger partial charge on any atom is -0.465 e. The molecule has 1 aliphatic heterocycles. The van der Waals surface area contributed by atoms with Gasteiger partial charge in [-0.15, -0.1) is 11.3 Å². The van der Waals surface area contributed by atoms with E-state index in [1.54, 1.807) is 0 Å². The fourth-order valence-electron chi connectivity index (χ4n) is 3.97. The molecular formula is C24H18BrN3O7S. The van der Waals surface area contributed by atoms with E-state index in [0.29, 0.717) is 5.56 Å². The van der Waals surface area contributed by atoms with Crippen molar-refractivity contribution < 1.29 is 28.8 Å². The number of carbonyl (C=O) groups excluding carboxylic acids is 4. The Morgan fingerprint density at radius 3 is 2.44 bits per heavy atom. The van der Waals surface area contributed by atoms with Crippen LogP contribution in [-0.2, 0) is 9.53 Å². The third kappa shape index (κ3) is 4.52. The quantitative estimate of drug-likeness (QED) is 0.186. The maximum atomic E-state index is 12.8. The molecule has 4 rings (SSSR count). The second-order valence-electron chi connectivity index (χ2n) is 7.75. The van der Waals surface area contributed by atoms with Crippen molar-refractivity contribution in [3.05, 3.63) is 78.6 Å². The summed E-state index contributed by atoms with van der Waals surface area (Å²) in [6.45, 7) is 1.53. The number of amides is 3. The molecular weight excluding hydrogens is 554 g/mol. The van der Waals surface area contributed by atoms with E-state index in [1.807, 2.05) is 31.2 Å². The number of nitro benzene ring substituents is 1. The Morgan fingerprint density at radius 2 is 1.81 bits per heavy atom. The predicted octanol–water partition coefficient (Wildman–Crippen LogP) is 4.81. The number of fused-ring (bicyclic) bond motifs is 1. The molecule has 1 N–H and O–H groups in total. The highest BCUT2D eigenvalue weighted by atomic mass is 79.9. The first kappa shape index (κ1) is 25.2. The van der Waals surface area contributed by atoms with Crippen molar-refractivity contribution in [1.29, 1.82) is 0 Å². The number of methoxy groups -OCH3 is 1. The zero-order valence-electron chi connectivity index (χ0n) is 19.0. The van der Waals surface area contributed by atoms with Crippen LogP contribution in [0.2, 0.25) is 0 Å². The predicted molar refractivity (Wildman–Crippen MR) is 135 cm³/mol. The van der Waals surface area contributed by atoms with Crippen molar-refractivity contribution in [2.45, 2.75) is 13.3 Å². The second-order valence-corrected chi connectivity index (χ2v) is 9.89. The Bertz CT molecular complexity index is 1430. The molecule has 0 aliphatic carbocycles. The third-order valence-electron chi connectivity index (χ3n) is 5.60. The number of anilines is 1. The summed E-state index contributed by atoms with van der Waals surface area (Å²) in [4.78, 5) is 62.9. The molecule has 12 heteroatoms. The van der Waals surface area contributed by atoms with Crippen LogP contribution >= 0.6 is 27.3 Å². The van der Waals surface area contributed by atoms with Crippen molar-refractivity contribution in [2.75, 3.05) is 19.0 Å². The summed E-state index contributed by atoms with van der Waals surface area (Å²) in [7, 11) is 1.24. The minimum absolute atomic E-state index is 0.0735. The van der Waals surface area contributed by atoms with E-state index in [4.69, 9.17) is 4.74 Å². The fraction of sp³-hybridized carbons (Fsp3) is 0.167. The summed E-state index contributed by atoms with van der Waals surface area (Å²) < 4.78 is 5.81. The highest BCUT2D eigenvalue weighted by Crippen LogP contribution is 2.41. The molecule has 3 amide bonds. The number of aryl methyl sites for hydroxylation is 1. The number of hydrogen-bond acceptors (Lipinski definition) is 8.